The molecule has 7 nitrogen and oxygen atoms in total. The van der Waals surface area contributed by atoms with Gasteiger partial charge in [0.1, 0.15) is 0 Å². The molecular weight excluding hydrogens is 186 g/mol. The molecule has 0 atom stereocenters. The molecule has 0 spiro atoms. The molecule has 0 aromatic carbocycles. The summed E-state index contributed by atoms with van der Waals surface area (Å²) < 4.78 is 4.56. The van der Waals surface area contributed by atoms with Crippen LogP contribution in [0.15, 0.2) is 23.3 Å². The second-order valence-electron chi connectivity index (χ2n) is 2.27. The number of carbonyl (C=O) groups excluding carboxylic acids is 1. The highest BCUT2D eigenvalue weighted by molar-refractivity contribution is 5.77. The SMILES string of the molecule is O=CNc1nccnc1-c1ncon1. The average Bonchev–Trinajstić information content (AvgIpc) is 2.72. The molecule has 0 saturated carbocycles. The van der Waals surface area contributed by atoms with Crippen LogP contribution in [0.2, 0.25) is 0 Å². The van der Waals surface area contributed by atoms with Crippen molar-refractivity contribution in [1.82, 2.24) is 20.1 Å². The van der Waals surface area contributed by atoms with Gasteiger partial charge in [-0.15, -0.1) is 0 Å². The summed E-state index contributed by atoms with van der Waals surface area (Å²) in [5.41, 5.74) is 0.369. The summed E-state index contributed by atoms with van der Waals surface area (Å²) in [6.45, 7) is 0. The molecule has 2 heterocycles. The highest BCUT2D eigenvalue weighted by Gasteiger charge is 2.10. The van der Waals surface area contributed by atoms with E-state index in [1.54, 1.807) is 0 Å². The molecule has 2 aromatic heterocycles. The zero-order chi connectivity index (χ0) is 9.80. The first-order valence-corrected chi connectivity index (χ1v) is 3.70. The molecule has 0 saturated heterocycles. The Bertz CT molecular complexity index is 427. The van der Waals surface area contributed by atoms with E-state index in [9.17, 15) is 4.79 Å². The Morgan fingerprint density at radius 2 is 2.14 bits per heavy atom. The standard InChI is InChI=1S/C7H5N5O2/c13-3-10-6-5(8-1-2-9-6)7-11-4-14-12-7/h1-4H,(H,9,10,13). The van der Waals surface area contributed by atoms with E-state index < -0.39 is 0 Å². The number of nitrogens with zero attached hydrogens (tertiary/aromatic N) is 4. The first-order chi connectivity index (χ1) is 6.92. The maximum absolute atomic E-state index is 10.3. The predicted octanol–water partition coefficient (Wildman–Crippen LogP) is 0.0949. The van der Waals surface area contributed by atoms with Gasteiger partial charge < -0.3 is 9.84 Å². The van der Waals surface area contributed by atoms with Crippen LogP contribution in [-0.2, 0) is 4.79 Å². The monoisotopic (exact) mass is 191 g/mol. The normalized spacial score (nSPS) is 9.71. The van der Waals surface area contributed by atoms with Crippen LogP contribution in [0, 0.1) is 0 Å². The number of hydrogen-bond donors (Lipinski definition) is 1. The molecule has 0 radical (unpaired) electrons. The average molecular weight is 191 g/mol. The van der Waals surface area contributed by atoms with Crippen LogP contribution >= 0.6 is 0 Å². The number of hydrogen-bond acceptors (Lipinski definition) is 6. The van der Waals surface area contributed by atoms with Gasteiger partial charge in [-0.1, -0.05) is 5.16 Å². The minimum atomic E-state index is 0.280. The fourth-order valence-corrected chi connectivity index (χ4v) is 0.938. The molecule has 2 rings (SSSR count). The van der Waals surface area contributed by atoms with E-state index in [0.29, 0.717) is 17.9 Å². The van der Waals surface area contributed by atoms with Crippen LogP contribution in [0.1, 0.15) is 0 Å². The molecule has 0 fully saturated rings. The van der Waals surface area contributed by atoms with Gasteiger partial charge in [0.2, 0.25) is 18.6 Å². The lowest BCUT2D eigenvalue weighted by Crippen LogP contribution is -2.01. The van der Waals surface area contributed by atoms with Crippen LogP contribution in [0.3, 0.4) is 0 Å². The number of aromatic nitrogens is 4. The second kappa shape index (κ2) is 3.60. The van der Waals surface area contributed by atoms with Gasteiger partial charge in [0.05, 0.1) is 0 Å². The third-order valence-corrected chi connectivity index (χ3v) is 1.47. The quantitative estimate of drug-likeness (QED) is 0.691. The lowest BCUT2D eigenvalue weighted by molar-refractivity contribution is -0.105. The Kier molecular flexibility index (Phi) is 2.14. The molecule has 0 aliphatic rings. The van der Waals surface area contributed by atoms with Gasteiger partial charge in [-0.05, 0) is 0 Å². The van der Waals surface area contributed by atoms with Crippen molar-refractivity contribution in [3.63, 3.8) is 0 Å². The van der Waals surface area contributed by atoms with E-state index in [4.69, 9.17) is 0 Å². The molecule has 1 amide bonds. The fraction of sp³-hybridized carbons (Fsp3) is 0. The van der Waals surface area contributed by atoms with Gasteiger partial charge in [0, 0.05) is 12.4 Å². The summed E-state index contributed by atoms with van der Waals surface area (Å²) in [6, 6.07) is 0. The maximum atomic E-state index is 10.3. The van der Waals surface area contributed by atoms with Gasteiger partial charge >= 0.3 is 0 Å². The summed E-state index contributed by atoms with van der Waals surface area (Å²) in [5, 5.41) is 5.97. The van der Waals surface area contributed by atoms with Crippen LogP contribution in [0.4, 0.5) is 5.82 Å². The summed E-state index contributed by atoms with van der Waals surface area (Å²) in [6.07, 6.45) is 4.61. The van der Waals surface area contributed by atoms with Crippen molar-refractivity contribution in [2.24, 2.45) is 0 Å². The molecule has 2 aromatic rings. The van der Waals surface area contributed by atoms with Crippen molar-refractivity contribution >= 4 is 12.2 Å². The number of amides is 1. The van der Waals surface area contributed by atoms with Gasteiger partial charge in [-0.3, -0.25) is 4.79 Å². The summed E-state index contributed by atoms with van der Waals surface area (Å²) in [7, 11) is 0. The smallest absolute Gasteiger partial charge is 0.224 e. The van der Waals surface area contributed by atoms with Crippen LogP contribution in [0.5, 0.6) is 0 Å². The van der Waals surface area contributed by atoms with Crippen LogP contribution in [0.25, 0.3) is 11.5 Å². The number of rotatable bonds is 3. The minimum absolute atomic E-state index is 0.280. The molecule has 0 aliphatic heterocycles. The zero-order valence-corrected chi connectivity index (χ0v) is 6.91. The van der Waals surface area contributed by atoms with Crippen molar-refractivity contribution in [2.45, 2.75) is 0 Å². The lowest BCUT2D eigenvalue weighted by atomic mass is 10.4. The zero-order valence-electron chi connectivity index (χ0n) is 6.91. The van der Waals surface area contributed by atoms with Crippen molar-refractivity contribution in [3.05, 3.63) is 18.8 Å². The van der Waals surface area contributed by atoms with Crippen molar-refractivity contribution in [1.29, 1.82) is 0 Å². The number of anilines is 1. The van der Waals surface area contributed by atoms with Crippen molar-refractivity contribution < 1.29 is 9.32 Å². The topological polar surface area (TPSA) is 93.8 Å². The molecule has 0 bridgehead atoms. The third-order valence-electron chi connectivity index (χ3n) is 1.47. The summed E-state index contributed by atoms with van der Waals surface area (Å²) in [4.78, 5) is 21.9. The Morgan fingerprint density at radius 1 is 1.29 bits per heavy atom. The van der Waals surface area contributed by atoms with Gasteiger partial charge in [0.15, 0.2) is 11.5 Å². The largest absolute Gasteiger partial charge is 0.342 e. The van der Waals surface area contributed by atoms with E-state index in [1.807, 2.05) is 0 Å². The van der Waals surface area contributed by atoms with E-state index >= 15 is 0 Å². The summed E-state index contributed by atoms with van der Waals surface area (Å²) in [5.74, 6) is 0.575. The number of carbonyl (C=O) groups is 1. The Balaban J connectivity index is 2.46. The van der Waals surface area contributed by atoms with E-state index in [-0.39, 0.29) is 5.82 Å². The van der Waals surface area contributed by atoms with Gasteiger partial charge in [0.25, 0.3) is 0 Å². The molecule has 1 N–H and O–H groups in total. The first kappa shape index (κ1) is 8.30. The maximum Gasteiger partial charge on any atom is 0.224 e. The van der Waals surface area contributed by atoms with Gasteiger partial charge in [-0.25, -0.2) is 9.97 Å². The predicted molar refractivity (Wildman–Crippen MR) is 45.0 cm³/mol. The highest BCUT2D eigenvalue weighted by Crippen LogP contribution is 2.18. The molecule has 14 heavy (non-hydrogen) atoms. The Morgan fingerprint density at radius 3 is 2.86 bits per heavy atom. The van der Waals surface area contributed by atoms with E-state index in [0.717, 1.165) is 0 Å². The Labute approximate surface area is 78.2 Å². The van der Waals surface area contributed by atoms with Crippen LogP contribution in [-0.4, -0.2) is 26.5 Å². The minimum Gasteiger partial charge on any atom is -0.342 e. The summed E-state index contributed by atoms with van der Waals surface area (Å²) >= 11 is 0. The van der Waals surface area contributed by atoms with Crippen molar-refractivity contribution in [2.75, 3.05) is 5.32 Å². The van der Waals surface area contributed by atoms with E-state index in [1.165, 1.54) is 18.8 Å². The molecule has 7 heteroatoms. The molecule has 0 aliphatic carbocycles. The highest BCUT2D eigenvalue weighted by atomic mass is 16.5. The van der Waals surface area contributed by atoms with Gasteiger partial charge in [-0.2, -0.15) is 4.98 Å². The fourth-order valence-electron chi connectivity index (χ4n) is 0.938. The second-order valence-corrected chi connectivity index (χ2v) is 2.27. The molecule has 70 valence electrons. The number of nitrogens with one attached hydrogen (secondary N) is 1. The third kappa shape index (κ3) is 1.42. The first-order valence-electron chi connectivity index (χ1n) is 3.70. The van der Waals surface area contributed by atoms with Crippen molar-refractivity contribution in [3.8, 4) is 11.5 Å². The van der Waals surface area contributed by atoms with E-state index in [2.05, 4.69) is 29.9 Å². The van der Waals surface area contributed by atoms with Crippen LogP contribution < -0.4 is 5.32 Å². The molecular formula is C7H5N5O2. The Hall–Kier alpha value is -2.31. The molecule has 0 unspecified atom stereocenters. The lowest BCUT2D eigenvalue weighted by Gasteiger charge is -2.00.